The van der Waals surface area contributed by atoms with E-state index in [-0.39, 0.29) is 6.42 Å². The van der Waals surface area contributed by atoms with Crippen LogP contribution in [0.1, 0.15) is 18.4 Å². The Bertz CT molecular complexity index is 311. The highest BCUT2D eigenvalue weighted by Crippen LogP contribution is 2.15. The molecule has 1 aromatic carbocycles. The van der Waals surface area contributed by atoms with Crippen molar-refractivity contribution in [1.29, 1.82) is 0 Å². The Balaban J connectivity index is 2.15. The first kappa shape index (κ1) is 11.9. The van der Waals surface area contributed by atoms with Crippen LogP contribution in [0, 0.1) is 0 Å². The van der Waals surface area contributed by atoms with Crippen LogP contribution >= 0.6 is 11.8 Å². The summed E-state index contributed by atoms with van der Waals surface area (Å²) in [5, 5.41) is 8.44. The van der Waals surface area contributed by atoms with Crippen molar-refractivity contribution in [1.82, 2.24) is 0 Å². The molecule has 0 amide bonds. The zero-order valence-electron chi connectivity index (χ0n) is 8.48. The molecule has 0 aliphatic rings. The predicted molar refractivity (Wildman–Crippen MR) is 63.9 cm³/mol. The van der Waals surface area contributed by atoms with Crippen LogP contribution in [-0.4, -0.2) is 16.8 Å². The molecule has 1 aromatic rings. The first-order chi connectivity index (χ1) is 7.18. The molecule has 3 N–H and O–H groups in total. The minimum Gasteiger partial charge on any atom is -0.481 e. The number of aliphatic carboxylic acids is 1. The number of carbonyl (C=O) groups is 1. The Morgan fingerprint density at radius 3 is 2.60 bits per heavy atom. The fourth-order valence-electron chi connectivity index (χ4n) is 1.13. The van der Waals surface area contributed by atoms with Gasteiger partial charge in [0.05, 0.1) is 0 Å². The molecule has 3 nitrogen and oxygen atoms in total. The first-order valence-corrected chi connectivity index (χ1v) is 5.98. The third kappa shape index (κ3) is 5.32. The molecule has 0 spiro atoms. The van der Waals surface area contributed by atoms with Crippen LogP contribution in [0.2, 0.25) is 0 Å². The molecule has 0 fully saturated rings. The van der Waals surface area contributed by atoms with Gasteiger partial charge in [-0.1, -0.05) is 12.1 Å². The highest BCUT2D eigenvalue weighted by molar-refractivity contribution is 7.98. The van der Waals surface area contributed by atoms with Crippen molar-refractivity contribution in [2.75, 3.05) is 11.5 Å². The Morgan fingerprint density at radius 2 is 2.00 bits per heavy atom. The molecule has 0 bridgehead atoms. The second-order valence-corrected chi connectivity index (χ2v) is 4.40. The van der Waals surface area contributed by atoms with Gasteiger partial charge < -0.3 is 10.8 Å². The lowest BCUT2D eigenvalue weighted by Gasteiger charge is -2.01. The maximum Gasteiger partial charge on any atom is 0.303 e. The van der Waals surface area contributed by atoms with Gasteiger partial charge >= 0.3 is 5.97 Å². The second-order valence-electron chi connectivity index (χ2n) is 3.29. The zero-order chi connectivity index (χ0) is 11.1. The summed E-state index contributed by atoms with van der Waals surface area (Å²) in [5.74, 6) is 1.08. The predicted octanol–water partition coefficient (Wildman–Crippen LogP) is 2.37. The van der Waals surface area contributed by atoms with E-state index in [1.54, 1.807) is 11.8 Å². The number of hydrogen-bond acceptors (Lipinski definition) is 3. The summed E-state index contributed by atoms with van der Waals surface area (Å²) in [6, 6.07) is 7.76. The van der Waals surface area contributed by atoms with Crippen molar-refractivity contribution in [3.63, 3.8) is 0 Å². The van der Waals surface area contributed by atoms with Crippen molar-refractivity contribution in [3.05, 3.63) is 29.8 Å². The number of carboxylic acids is 1. The summed E-state index contributed by atoms with van der Waals surface area (Å²) in [4.78, 5) is 10.2. The molecule has 0 saturated heterocycles. The smallest absolute Gasteiger partial charge is 0.303 e. The summed E-state index contributed by atoms with van der Waals surface area (Å²) in [6.07, 6.45) is 0.990. The summed E-state index contributed by atoms with van der Waals surface area (Å²) in [5.41, 5.74) is 7.56. The van der Waals surface area contributed by atoms with E-state index in [0.717, 1.165) is 23.6 Å². The molecule has 0 heterocycles. The molecule has 0 aromatic heterocycles. The Kier molecular flexibility index (Phi) is 5.04. The topological polar surface area (TPSA) is 63.3 Å². The van der Waals surface area contributed by atoms with Crippen molar-refractivity contribution in [2.45, 2.75) is 18.6 Å². The highest BCUT2D eigenvalue weighted by Gasteiger charge is 1.97. The average molecular weight is 225 g/mol. The van der Waals surface area contributed by atoms with E-state index in [1.165, 1.54) is 5.56 Å². The van der Waals surface area contributed by atoms with Gasteiger partial charge in [0.2, 0.25) is 0 Å². The number of hydrogen-bond donors (Lipinski definition) is 2. The highest BCUT2D eigenvalue weighted by atomic mass is 32.2. The number of thioether (sulfide) groups is 1. The van der Waals surface area contributed by atoms with Gasteiger partial charge in [-0.15, -0.1) is 0 Å². The van der Waals surface area contributed by atoms with Gasteiger partial charge in [0.25, 0.3) is 0 Å². The number of nitrogens with two attached hydrogens (primary N) is 1. The Hall–Kier alpha value is -1.16. The molecule has 0 unspecified atom stereocenters. The maximum absolute atomic E-state index is 10.2. The minimum absolute atomic E-state index is 0.259. The van der Waals surface area contributed by atoms with Gasteiger partial charge in [0, 0.05) is 17.9 Å². The molecule has 0 saturated carbocycles. The third-order valence-corrected chi connectivity index (χ3v) is 3.04. The largest absolute Gasteiger partial charge is 0.481 e. The molecule has 4 heteroatoms. The van der Waals surface area contributed by atoms with E-state index in [0.29, 0.717) is 0 Å². The standard InChI is InChI=1S/C11H15NO2S/c12-10-5-3-9(4-6-10)8-15-7-1-2-11(13)14/h3-6H,1-2,7-8,12H2,(H,13,14). The number of carboxylic acid groups (broad SMARTS) is 1. The van der Waals surface area contributed by atoms with Crippen LogP contribution in [0.4, 0.5) is 5.69 Å². The summed E-state index contributed by atoms with van der Waals surface area (Å²) in [7, 11) is 0. The molecule has 1 rings (SSSR count). The summed E-state index contributed by atoms with van der Waals surface area (Å²) in [6.45, 7) is 0. The van der Waals surface area contributed by atoms with E-state index < -0.39 is 5.97 Å². The molecule has 0 aliphatic carbocycles. The fraction of sp³-hybridized carbons (Fsp3) is 0.364. The monoisotopic (exact) mass is 225 g/mol. The van der Waals surface area contributed by atoms with Crippen LogP contribution in [-0.2, 0) is 10.5 Å². The SMILES string of the molecule is Nc1ccc(CSCCCC(=O)O)cc1. The molecule has 0 radical (unpaired) electrons. The van der Waals surface area contributed by atoms with Crippen LogP contribution in [0.25, 0.3) is 0 Å². The van der Waals surface area contributed by atoms with E-state index in [2.05, 4.69) is 0 Å². The van der Waals surface area contributed by atoms with E-state index in [9.17, 15) is 4.79 Å². The van der Waals surface area contributed by atoms with Crippen molar-refractivity contribution < 1.29 is 9.90 Å². The average Bonchev–Trinajstić information content (AvgIpc) is 2.20. The van der Waals surface area contributed by atoms with Gasteiger partial charge in [-0.3, -0.25) is 4.79 Å². The molecule has 82 valence electrons. The molecular weight excluding hydrogens is 210 g/mol. The molecule has 15 heavy (non-hydrogen) atoms. The van der Waals surface area contributed by atoms with Crippen molar-refractivity contribution in [2.24, 2.45) is 0 Å². The second kappa shape index (κ2) is 6.35. The number of benzene rings is 1. The van der Waals surface area contributed by atoms with Crippen LogP contribution in [0.15, 0.2) is 24.3 Å². The Morgan fingerprint density at radius 1 is 1.33 bits per heavy atom. The Labute approximate surface area is 93.7 Å². The van der Waals surface area contributed by atoms with Crippen LogP contribution in [0.5, 0.6) is 0 Å². The van der Waals surface area contributed by atoms with Gasteiger partial charge in [-0.25, -0.2) is 0 Å². The zero-order valence-corrected chi connectivity index (χ0v) is 9.30. The minimum atomic E-state index is -0.719. The number of rotatable bonds is 6. The maximum atomic E-state index is 10.2. The van der Waals surface area contributed by atoms with Crippen molar-refractivity contribution >= 4 is 23.4 Å². The summed E-state index contributed by atoms with van der Waals surface area (Å²) < 4.78 is 0. The molecular formula is C11H15NO2S. The van der Waals surface area contributed by atoms with Gasteiger partial charge in [0.15, 0.2) is 0 Å². The molecule has 0 atom stereocenters. The third-order valence-electron chi connectivity index (χ3n) is 1.93. The lowest BCUT2D eigenvalue weighted by molar-refractivity contribution is -0.137. The van der Waals surface area contributed by atoms with E-state index in [1.807, 2.05) is 24.3 Å². The van der Waals surface area contributed by atoms with E-state index >= 15 is 0 Å². The van der Waals surface area contributed by atoms with Gasteiger partial charge in [0.1, 0.15) is 0 Å². The first-order valence-electron chi connectivity index (χ1n) is 4.82. The van der Waals surface area contributed by atoms with Crippen LogP contribution in [0.3, 0.4) is 0 Å². The van der Waals surface area contributed by atoms with Gasteiger partial charge in [-0.2, -0.15) is 11.8 Å². The van der Waals surface area contributed by atoms with Crippen molar-refractivity contribution in [3.8, 4) is 0 Å². The van der Waals surface area contributed by atoms with Gasteiger partial charge in [-0.05, 0) is 29.9 Å². The van der Waals surface area contributed by atoms with E-state index in [4.69, 9.17) is 10.8 Å². The lowest BCUT2D eigenvalue weighted by atomic mass is 10.2. The molecule has 0 aliphatic heterocycles. The summed E-state index contributed by atoms with van der Waals surface area (Å²) >= 11 is 1.75. The number of nitrogen functional groups attached to an aromatic ring is 1. The quantitative estimate of drug-likeness (QED) is 0.576. The normalized spacial score (nSPS) is 10.1. The lowest BCUT2D eigenvalue weighted by Crippen LogP contribution is -1.95. The number of anilines is 1. The van der Waals surface area contributed by atoms with Crippen LogP contribution < -0.4 is 5.73 Å². The fourth-order valence-corrected chi connectivity index (χ4v) is 2.05.